The molecule has 14 heavy (non-hydrogen) atoms. The quantitative estimate of drug-likeness (QED) is 0.813. The topological polar surface area (TPSA) is 57.8 Å². The van der Waals surface area contributed by atoms with E-state index in [4.69, 9.17) is 0 Å². The van der Waals surface area contributed by atoms with Crippen molar-refractivity contribution in [3.63, 3.8) is 0 Å². The van der Waals surface area contributed by atoms with E-state index in [1.807, 2.05) is 20.8 Å². The fraction of sp³-hybridized carbons (Fsp3) is 0.556. The van der Waals surface area contributed by atoms with Gasteiger partial charge in [-0.3, -0.25) is 9.89 Å². The van der Waals surface area contributed by atoms with E-state index < -0.39 is 4.32 Å². The lowest BCUT2D eigenvalue weighted by Crippen LogP contribution is -2.38. The number of hydrogen-bond donors (Lipinski definition) is 2. The number of carbonyl (C=O) groups is 1. The van der Waals surface area contributed by atoms with Gasteiger partial charge in [-0.15, -0.1) is 0 Å². The SMILES string of the molecule is CC(NC(=O)C(C)(C)Br)c1cn[nH]c1. The van der Waals surface area contributed by atoms with Crippen LogP contribution in [-0.2, 0) is 4.79 Å². The summed E-state index contributed by atoms with van der Waals surface area (Å²) >= 11 is 3.30. The van der Waals surface area contributed by atoms with Gasteiger partial charge in [0.05, 0.1) is 16.6 Å². The summed E-state index contributed by atoms with van der Waals surface area (Å²) in [5.74, 6) is -0.0359. The van der Waals surface area contributed by atoms with Crippen LogP contribution in [0.3, 0.4) is 0 Å². The number of hydrogen-bond acceptors (Lipinski definition) is 2. The number of H-pyrrole nitrogens is 1. The Morgan fingerprint density at radius 2 is 2.36 bits per heavy atom. The summed E-state index contributed by atoms with van der Waals surface area (Å²) in [5.41, 5.74) is 0.968. The van der Waals surface area contributed by atoms with Crippen molar-refractivity contribution in [1.29, 1.82) is 0 Å². The van der Waals surface area contributed by atoms with Crippen molar-refractivity contribution >= 4 is 21.8 Å². The second-order valence-electron chi connectivity index (χ2n) is 3.70. The van der Waals surface area contributed by atoms with Crippen molar-refractivity contribution in [2.75, 3.05) is 0 Å². The van der Waals surface area contributed by atoms with Crippen molar-refractivity contribution < 1.29 is 4.79 Å². The maximum Gasteiger partial charge on any atom is 0.236 e. The Morgan fingerprint density at radius 3 is 2.79 bits per heavy atom. The number of carbonyl (C=O) groups excluding carboxylic acids is 1. The highest BCUT2D eigenvalue weighted by Gasteiger charge is 2.25. The summed E-state index contributed by atoms with van der Waals surface area (Å²) in [6, 6.07) is -0.0296. The summed E-state index contributed by atoms with van der Waals surface area (Å²) in [6.07, 6.45) is 3.47. The lowest BCUT2D eigenvalue weighted by atomic mass is 10.1. The molecule has 0 aliphatic carbocycles. The smallest absolute Gasteiger partial charge is 0.236 e. The zero-order valence-corrected chi connectivity index (χ0v) is 10.1. The van der Waals surface area contributed by atoms with Crippen LogP contribution in [0.15, 0.2) is 12.4 Å². The maximum absolute atomic E-state index is 11.6. The Hall–Kier alpha value is -0.840. The van der Waals surface area contributed by atoms with Gasteiger partial charge in [0.2, 0.25) is 5.91 Å². The predicted octanol–water partition coefficient (Wildman–Crippen LogP) is 1.76. The molecule has 0 saturated heterocycles. The molecular formula is C9H14BrN3O. The highest BCUT2D eigenvalue weighted by atomic mass is 79.9. The van der Waals surface area contributed by atoms with Gasteiger partial charge in [-0.2, -0.15) is 5.10 Å². The molecule has 0 bridgehead atoms. The molecule has 2 N–H and O–H groups in total. The van der Waals surface area contributed by atoms with Crippen LogP contribution >= 0.6 is 15.9 Å². The molecule has 4 nitrogen and oxygen atoms in total. The van der Waals surface area contributed by atoms with Crippen molar-refractivity contribution in [2.24, 2.45) is 0 Å². The third-order valence-corrected chi connectivity index (χ3v) is 2.27. The van der Waals surface area contributed by atoms with E-state index in [2.05, 4.69) is 31.4 Å². The fourth-order valence-electron chi connectivity index (χ4n) is 0.949. The number of halogens is 1. The van der Waals surface area contributed by atoms with Crippen LogP contribution in [0.2, 0.25) is 0 Å². The molecule has 0 aliphatic heterocycles. The largest absolute Gasteiger partial charge is 0.348 e. The first-order chi connectivity index (χ1) is 6.41. The van der Waals surface area contributed by atoms with E-state index in [1.165, 1.54) is 0 Å². The molecular weight excluding hydrogens is 246 g/mol. The zero-order valence-electron chi connectivity index (χ0n) is 8.47. The van der Waals surface area contributed by atoms with Gasteiger partial charge in [0.15, 0.2) is 0 Å². The molecule has 78 valence electrons. The lowest BCUT2D eigenvalue weighted by molar-refractivity contribution is -0.123. The van der Waals surface area contributed by atoms with Crippen LogP contribution in [-0.4, -0.2) is 20.4 Å². The molecule has 0 saturated carbocycles. The predicted molar refractivity (Wildman–Crippen MR) is 58.2 cm³/mol. The van der Waals surface area contributed by atoms with E-state index in [0.29, 0.717) is 0 Å². The Morgan fingerprint density at radius 1 is 1.71 bits per heavy atom. The summed E-state index contributed by atoms with van der Waals surface area (Å²) in [7, 11) is 0. The van der Waals surface area contributed by atoms with Crippen LogP contribution in [0.1, 0.15) is 32.4 Å². The third kappa shape index (κ3) is 2.83. The van der Waals surface area contributed by atoms with Gasteiger partial charge >= 0.3 is 0 Å². The molecule has 1 atom stereocenters. The van der Waals surface area contributed by atoms with Crippen molar-refractivity contribution in [3.05, 3.63) is 18.0 Å². The van der Waals surface area contributed by atoms with Gasteiger partial charge in [-0.05, 0) is 20.8 Å². The van der Waals surface area contributed by atoms with Crippen LogP contribution in [0.5, 0.6) is 0 Å². The molecule has 0 fully saturated rings. The Labute approximate surface area is 91.6 Å². The van der Waals surface area contributed by atoms with Gasteiger partial charge in [-0.1, -0.05) is 15.9 Å². The minimum Gasteiger partial charge on any atom is -0.348 e. The summed E-state index contributed by atoms with van der Waals surface area (Å²) in [6.45, 7) is 5.54. The van der Waals surface area contributed by atoms with E-state index in [1.54, 1.807) is 12.4 Å². The molecule has 0 aromatic carbocycles. The average molecular weight is 260 g/mol. The fourth-order valence-corrected chi connectivity index (χ4v) is 1.06. The van der Waals surface area contributed by atoms with Gasteiger partial charge in [0, 0.05) is 11.8 Å². The first-order valence-electron chi connectivity index (χ1n) is 4.40. The maximum atomic E-state index is 11.6. The molecule has 1 aromatic heterocycles. The van der Waals surface area contributed by atoms with Crippen molar-refractivity contribution in [2.45, 2.75) is 31.1 Å². The van der Waals surface area contributed by atoms with Gasteiger partial charge in [0.25, 0.3) is 0 Å². The Kier molecular flexibility index (Phi) is 3.31. The van der Waals surface area contributed by atoms with Crippen LogP contribution < -0.4 is 5.32 Å². The third-order valence-electron chi connectivity index (χ3n) is 1.91. The minimum absolute atomic E-state index is 0.0296. The number of alkyl halides is 1. The Bertz CT molecular complexity index is 302. The lowest BCUT2D eigenvalue weighted by Gasteiger charge is -2.19. The first-order valence-corrected chi connectivity index (χ1v) is 5.19. The summed E-state index contributed by atoms with van der Waals surface area (Å²) in [4.78, 5) is 11.6. The molecule has 5 heteroatoms. The van der Waals surface area contributed by atoms with Crippen LogP contribution in [0, 0.1) is 0 Å². The molecule has 0 spiro atoms. The summed E-state index contributed by atoms with van der Waals surface area (Å²) in [5, 5.41) is 9.41. The second kappa shape index (κ2) is 4.13. The first kappa shape index (κ1) is 11.2. The van der Waals surface area contributed by atoms with Crippen LogP contribution in [0.25, 0.3) is 0 Å². The number of aromatic amines is 1. The number of rotatable bonds is 3. The molecule has 1 rings (SSSR count). The van der Waals surface area contributed by atoms with Crippen molar-refractivity contribution in [3.8, 4) is 0 Å². The van der Waals surface area contributed by atoms with Crippen LogP contribution in [0.4, 0.5) is 0 Å². The highest BCUT2D eigenvalue weighted by molar-refractivity contribution is 9.10. The number of amides is 1. The van der Waals surface area contributed by atoms with Crippen molar-refractivity contribution in [1.82, 2.24) is 15.5 Å². The average Bonchev–Trinajstić information content (AvgIpc) is 2.53. The standard InChI is InChI=1S/C9H14BrN3O/c1-6(7-4-11-12-5-7)13-8(14)9(2,3)10/h4-6H,1-3H3,(H,11,12)(H,13,14). The zero-order chi connectivity index (χ0) is 10.8. The number of aromatic nitrogens is 2. The van der Waals surface area contributed by atoms with E-state index in [9.17, 15) is 4.79 Å². The molecule has 1 amide bonds. The molecule has 1 aromatic rings. The molecule has 0 radical (unpaired) electrons. The van der Waals surface area contributed by atoms with Gasteiger partial charge in [0.1, 0.15) is 0 Å². The molecule has 1 unspecified atom stereocenters. The van der Waals surface area contributed by atoms with E-state index in [-0.39, 0.29) is 11.9 Å². The monoisotopic (exact) mass is 259 g/mol. The molecule has 0 aliphatic rings. The Balaban J connectivity index is 2.58. The highest BCUT2D eigenvalue weighted by Crippen LogP contribution is 2.18. The van der Waals surface area contributed by atoms with E-state index in [0.717, 1.165) is 5.56 Å². The van der Waals surface area contributed by atoms with Gasteiger partial charge in [-0.25, -0.2) is 0 Å². The number of nitrogens with one attached hydrogen (secondary N) is 2. The number of nitrogens with zero attached hydrogens (tertiary/aromatic N) is 1. The minimum atomic E-state index is -0.537. The second-order valence-corrected chi connectivity index (χ2v) is 5.68. The normalized spacial score (nSPS) is 13.7. The summed E-state index contributed by atoms with van der Waals surface area (Å²) < 4.78 is -0.537. The van der Waals surface area contributed by atoms with E-state index >= 15 is 0 Å². The molecule has 1 heterocycles. The van der Waals surface area contributed by atoms with Gasteiger partial charge < -0.3 is 5.32 Å².